The molecule has 2 rings (SSSR count). The molecule has 0 saturated carbocycles. The SMILES string of the molecule is C=CSc1cccc2ccccc12. The largest absolute Gasteiger partial charge is 0.0980 e. The van der Waals surface area contributed by atoms with Crippen molar-refractivity contribution < 1.29 is 0 Å². The van der Waals surface area contributed by atoms with Crippen LogP contribution in [0.25, 0.3) is 10.8 Å². The van der Waals surface area contributed by atoms with E-state index in [-0.39, 0.29) is 0 Å². The predicted molar refractivity (Wildman–Crippen MR) is 60.0 cm³/mol. The van der Waals surface area contributed by atoms with Crippen molar-refractivity contribution >= 4 is 22.5 Å². The van der Waals surface area contributed by atoms with Gasteiger partial charge in [-0.1, -0.05) is 54.7 Å². The lowest BCUT2D eigenvalue weighted by Crippen LogP contribution is -1.74. The lowest BCUT2D eigenvalue weighted by molar-refractivity contribution is 1.55. The van der Waals surface area contributed by atoms with E-state index in [1.54, 1.807) is 11.8 Å². The molecule has 0 bridgehead atoms. The van der Waals surface area contributed by atoms with E-state index in [0.717, 1.165) is 0 Å². The predicted octanol–water partition coefficient (Wildman–Crippen LogP) is 4.08. The van der Waals surface area contributed by atoms with Crippen LogP contribution in [0.1, 0.15) is 0 Å². The van der Waals surface area contributed by atoms with Crippen molar-refractivity contribution in [2.45, 2.75) is 4.90 Å². The molecule has 0 aliphatic carbocycles. The summed E-state index contributed by atoms with van der Waals surface area (Å²) in [6, 6.07) is 14.7. The molecular weight excluding hydrogens is 176 g/mol. The molecule has 2 aromatic rings. The minimum atomic E-state index is 1.27. The molecule has 0 heterocycles. The van der Waals surface area contributed by atoms with Crippen molar-refractivity contribution in [1.29, 1.82) is 0 Å². The van der Waals surface area contributed by atoms with Crippen LogP contribution in [0.3, 0.4) is 0 Å². The quantitative estimate of drug-likeness (QED) is 0.637. The molecule has 0 atom stereocenters. The summed E-state index contributed by atoms with van der Waals surface area (Å²) in [7, 11) is 0. The summed E-state index contributed by atoms with van der Waals surface area (Å²) in [4.78, 5) is 1.27. The maximum atomic E-state index is 3.73. The van der Waals surface area contributed by atoms with Crippen molar-refractivity contribution in [3.05, 3.63) is 54.5 Å². The Morgan fingerprint density at radius 1 is 1.00 bits per heavy atom. The van der Waals surface area contributed by atoms with E-state index in [9.17, 15) is 0 Å². The van der Waals surface area contributed by atoms with E-state index in [1.807, 2.05) is 5.41 Å². The van der Waals surface area contributed by atoms with Gasteiger partial charge in [0.05, 0.1) is 0 Å². The second-order valence-electron chi connectivity index (χ2n) is 2.76. The average molecular weight is 186 g/mol. The van der Waals surface area contributed by atoms with Crippen LogP contribution in [-0.4, -0.2) is 0 Å². The third kappa shape index (κ3) is 1.61. The van der Waals surface area contributed by atoms with Gasteiger partial charge in [0.2, 0.25) is 0 Å². The normalized spacial score (nSPS) is 10.2. The first-order valence-corrected chi connectivity index (χ1v) is 5.05. The monoisotopic (exact) mass is 186 g/mol. The number of benzene rings is 2. The van der Waals surface area contributed by atoms with Gasteiger partial charge < -0.3 is 0 Å². The van der Waals surface area contributed by atoms with E-state index in [4.69, 9.17) is 0 Å². The molecule has 64 valence electrons. The van der Waals surface area contributed by atoms with E-state index < -0.39 is 0 Å². The van der Waals surface area contributed by atoms with Crippen molar-refractivity contribution in [2.75, 3.05) is 0 Å². The van der Waals surface area contributed by atoms with Crippen LogP contribution >= 0.6 is 11.8 Å². The van der Waals surface area contributed by atoms with Gasteiger partial charge in [-0.3, -0.25) is 0 Å². The van der Waals surface area contributed by atoms with Crippen molar-refractivity contribution in [1.82, 2.24) is 0 Å². The van der Waals surface area contributed by atoms with Gasteiger partial charge in [0.1, 0.15) is 0 Å². The molecule has 2 aromatic carbocycles. The molecule has 0 amide bonds. The molecule has 0 fully saturated rings. The molecule has 0 aliphatic rings. The number of fused-ring (bicyclic) bond motifs is 1. The highest BCUT2D eigenvalue weighted by Crippen LogP contribution is 2.27. The fourth-order valence-electron chi connectivity index (χ4n) is 1.39. The summed E-state index contributed by atoms with van der Waals surface area (Å²) in [5, 5.41) is 4.45. The van der Waals surface area contributed by atoms with Gasteiger partial charge in [0.15, 0.2) is 0 Å². The Kier molecular flexibility index (Phi) is 2.37. The zero-order valence-corrected chi connectivity index (χ0v) is 8.05. The molecular formula is C12H10S. The van der Waals surface area contributed by atoms with Gasteiger partial charge in [-0.2, -0.15) is 0 Å². The number of hydrogen-bond donors (Lipinski definition) is 0. The van der Waals surface area contributed by atoms with Gasteiger partial charge in [-0.25, -0.2) is 0 Å². The van der Waals surface area contributed by atoms with Crippen molar-refractivity contribution in [3.63, 3.8) is 0 Å². The van der Waals surface area contributed by atoms with Crippen molar-refractivity contribution in [2.24, 2.45) is 0 Å². The Hall–Kier alpha value is -1.21. The second kappa shape index (κ2) is 3.67. The third-order valence-electron chi connectivity index (χ3n) is 1.96. The van der Waals surface area contributed by atoms with Gasteiger partial charge >= 0.3 is 0 Å². The molecule has 0 aliphatic heterocycles. The summed E-state index contributed by atoms with van der Waals surface area (Å²) in [6.07, 6.45) is 0. The van der Waals surface area contributed by atoms with E-state index >= 15 is 0 Å². The minimum Gasteiger partial charge on any atom is -0.0980 e. The molecule has 0 radical (unpaired) electrons. The second-order valence-corrected chi connectivity index (χ2v) is 3.77. The lowest BCUT2D eigenvalue weighted by atomic mass is 10.1. The highest BCUT2D eigenvalue weighted by atomic mass is 32.2. The summed E-state index contributed by atoms with van der Waals surface area (Å²) in [5.41, 5.74) is 0. The first-order valence-electron chi connectivity index (χ1n) is 4.17. The summed E-state index contributed by atoms with van der Waals surface area (Å²) in [5.74, 6) is 0. The minimum absolute atomic E-state index is 1.27. The molecule has 0 saturated heterocycles. The molecule has 0 unspecified atom stereocenters. The van der Waals surface area contributed by atoms with Gasteiger partial charge in [0.25, 0.3) is 0 Å². The van der Waals surface area contributed by atoms with Gasteiger partial charge in [-0.05, 0) is 22.2 Å². The highest BCUT2D eigenvalue weighted by molar-refractivity contribution is 8.02. The van der Waals surface area contributed by atoms with Gasteiger partial charge in [-0.15, -0.1) is 0 Å². The van der Waals surface area contributed by atoms with E-state index in [1.165, 1.54) is 15.7 Å². The Balaban J connectivity index is 2.68. The number of hydrogen-bond acceptors (Lipinski definition) is 1. The Morgan fingerprint density at radius 3 is 2.62 bits per heavy atom. The first-order chi connectivity index (χ1) is 6.42. The van der Waals surface area contributed by atoms with Crippen LogP contribution in [0.4, 0.5) is 0 Å². The zero-order valence-electron chi connectivity index (χ0n) is 7.23. The standard InChI is InChI=1S/C12H10S/c1-2-13-12-9-5-7-10-6-3-4-8-11(10)12/h2-9H,1H2. The molecule has 13 heavy (non-hydrogen) atoms. The van der Waals surface area contributed by atoms with E-state index in [0.29, 0.717) is 0 Å². The van der Waals surface area contributed by atoms with Crippen molar-refractivity contribution in [3.8, 4) is 0 Å². The molecule has 1 heteroatoms. The molecule has 0 N–H and O–H groups in total. The fourth-order valence-corrected chi connectivity index (χ4v) is 2.04. The summed E-state index contributed by atoms with van der Waals surface area (Å²) >= 11 is 1.67. The van der Waals surface area contributed by atoms with Crippen LogP contribution in [-0.2, 0) is 0 Å². The average Bonchev–Trinajstić information content (AvgIpc) is 2.19. The first kappa shape index (κ1) is 8.39. The summed E-state index contributed by atoms with van der Waals surface area (Å²) < 4.78 is 0. The summed E-state index contributed by atoms with van der Waals surface area (Å²) in [6.45, 7) is 3.73. The maximum absolute atomic E-state index is 3.73. The smallest absolute Gasteiger partial charge is 0.0194 e. The topological polar surface area (TPSA) is 0 Å². The van der Waals surface area contributed by atoms with E-state index in [2.05, 4.69) is 49.0 Å². The molecule has 0 spiro atoms. The Labute approximate surface area is 82.3 Å². The van der Waals surface area contributed by atoms with Crippen LogP contribution in [0.2, 0.25) is 0 Å². The lowest BCUT2D eigenvalue weighted by Gasteiger charge is -2.02. The Morgan fingerprint density at radius 2 is 1.77 bits per heavy atom. The number of rotatable bonds is 2. The van der Waals surface area contributed by atoms with Crippen LogP contribution in [0.5, 0.6) is 0 Å². The van der Waals surface area contributed by atoms with Crippen LogP contribution in [0, 0.1) is 0 Å². The highest BCUT2D eigenvalue weighted by Gasteiger charge is 1.97. The Bertz CT molecular complexity index is 427. The van der Waals surface area contributed by atoms with Gasteiger partial charge in [0, 0.05) is 4.90 Å². The molecule has 0 aromatic heterocycles. The number of thioether (sulfide) groups is 1. The van der Waals surface area contributed by atoms with Crippen LogP contribution in [0.15, 0.2) is 59.3 Å². The van der Waals surface area contributed by atoms with Crippen LogP contribution < -0.4 is 0 Å². The fraction of sp³-hybridized carbons (Fsp3) is 0. The third-order valence-corrected chi connectivity index (χ3v) is 2.74. The molecule has 0 nitrogen and oxygen atoms in total. The maximum Gasteiger partial charge on any atom is 0.0194 e. The zero-order chi connectivity index (χ0) is 9.10.